The fourth-order valence-corrected chi connectivity index (χ4v) is 6.59. The number of carbonyl (C=O) groups is 1. The molecule has 0 aliphatic carbocycles. The van der Waals surface area contributed by atoms with Gasteiger partial charge in [-0.3, -0.25) is 4.79 Å². The molecule has 2 aliphatic rings. The standard InChI is InChI=1S/C26H29F3N6O5S/c1-15(17-3-2-4-19(21(17)27)26(28,29)16-5-7-35(8-6-16)25(37)38)32-22-18-13-20(24(36)33-23(18)31-14-30-22)34-9-11-41(39,40)12-10-34/h2-4,13-16H,5-12H2,1H3,(H,37,38)(H2,30,31,32,33,36)/t15-/m1/s1. The van der Waals surface area contributed by atoms with E-state index in [2.05, 4.69) is 20.3 Å². The van der Waals surface area contributed by atoms with Crippen molar-refractivity contribution < 1.29 is 31.5 Å². The van der Waals surface area contributed by atoms with Crippen LogP contribution in [-0.4, -0.2) is 77.2 Å². The molecule has 15 heteroatoms. The number of H-pyrrole nitrogens is 1. The van der Waals surface area contributed by atoms with Crippen LogP contribution in [0.3, 0.4) is 0 Å². The normalized spacial score (nSPS) is 18.8. The predicted octanol–water partition coefficient (Wildman–Crippen LogP) is 3.35. The molecule has 0 spiro atoms. The van der Waals surface area contributed by atoms with Crippen molar-refractivity contribution in [2.45, 2.75) is 31.7 Å². The lowest BCUT2D eigenvalue weighted by molar-refractivity contribution is -0.0861. The Kier molecular flexibility index (Phi) is 7.57. The van der Waals surface area contributed by atoms with Crippen LogP contribution in [0.25, 0.3) is 11.0 Å². The summed E-state index contributed by atoms with van der Waals surface area (Å²) in [5.41, 5.74) is -0.801. The highest BCUT2D eigenvalue weighted by atomic mass is 32.2. The first-order chi connectivity index (χ1) is 19.4. The minimum absolute atomic E-state index is 0.0252. The van der Waals surface area contributed by atoms with Crippen LogP contribution in [0, 0.1) is 11.7 Å². The molecular weight excluding hydrogens is 565 g/mol. The molecule has 5 rings (SSSR count). The van der Waals surface area contributed by atoms with Gasteiger partial charge >= 0.3 is 6.09 Å². The van der Waals surface area contributed by atoms with E-state index in [1.54, 1.807) is 11.8 Å². The zero-order valence-electron chi connectivity index (χ0n) is 22.1. The lowest BCUT2D eigenvalue weighted by atomic mass is 9.85. The van der Waals surface area contributed by atoms with Crippen molar-refractivity contribution >= 4 is 38.5 Å². The fourth-order valence-electron chi connectivity index (χ4n) is 5.39. The first-order valence-corrected chi connectivity index (χ1v) is 14.9. The number of nitrogens with one attached hydrogen (secondary N) is 2. The number of sulfone groups is 1. The van der Waals surface area contributed by atoms with Crippen molar-refractivity contribution in [3.8, 4) is 0 Å². The fraction of sp³-hybridized carbons (Fsp3) is 0.462. The summed E-state index contributed by atoms with van der Waals surface area (Å²) in [6, 6.07) is 4.50. The number of aromatic amines is 1. The van der Waals surface area contributed by atoms with Crippen molar-refractivity contribution in [1.82, 2.24) is 19.9 Å². The van der Waals surface area contributed by atoms with Gasteiger partial charge in [0.05, 0.1) is 28.5 Å². The molecule has 2 saturated heterocycles. The number of hydrogen-bond donors (Lipinski definition) is 3. The minimum Gasteiger partial charge on any atom is -0.465 e. The molecule has 1 atom stereocenters. The van der Waals surface area contributed by atoms with Crippen LogP contribution in [0.5, 0.6) is 0 Å². The van der Waals surface area contributed by atoms with Gasteiger partial charge in [-0.15, -0.1) is 0 Å². The number of anilines is 2. The van der Waals surface area contributed by atoms with E-state index in [4.69, 9.17) is 5.11 Å². The van der Waals surface area contributed by atoms with Crippen LogP contribution in [0.4, 0.5) is 29.5 Å². The van der Waals surface area contributed by atoms with Crippen molar-refractivity contribution in [3.63, 3.8) is 0 Å². The zero-order valence-corrected chi connectivity index (χ0v) is 22.9. The molecule has 220 valence electrons. The number of fused-ring (bicyclic) bond motifs is 1. The van der Waals surface area contributed by atoms with Gasteiger partial charge in [0.1, 0.15) is 29.3 Å². The lowest BCUT2D eigenvalue weighted by Crippen LogP contribution is -2.42. The molecule has 0 radical (unpaired) electrons. The Morgan fingerprint density at radius 1 is 1.17 bits per heavy atom. The van der Waals surface area contributed by atoms with E-state index in [0.717, 1.165) is 11.0 Å². The number of halogens is 3. The van der Waals surface area contributed by atoms with E-state index in [0.29, 0.717) is 5.39 Å². The largest absolute Gasteiger partial charge is 0.465 e. The van der Waals surface area contributed by atoms with Gasteiger partial charge < -0.3 is 25.2 Å². The first kappa shape index (κ1) is 28.6. The highest BCUT2D eigenvalue weighted by Crippen LogP contribution is 2.43. The van der Waals surface area contributed by atoms with Gasteiger partial charge in [0.2, 0.25) is 0 Å². The summed E-state index contributed by atoms with van der Waals surface area (Å²) < 4.78 is 70.3. The Morgan fingerprint density at radius 3 is 2.51 bits per heavy atom. The number of amides is 1. The number of benzene rings is 1. The van der Waals surface area contributed by atoms with Crippen LogP contribution >= 0.6 is 0 Å². The lowest BCUT2D eigenvalue weighted by Gasteiger charge is -2.35. The predicted molar refractivity (Wildman–Crippen MR) is 146 cm³/mol. The molecule has 2 fully saturated rings. The molecule has 1 aromatic carbocycles. The first-order valence-electron chi connectivity index (χ1n) is 13.1. The van der Waals surface area contributed by atoms with Gasteiger partial charge in [0.25, 0.3) is 11.5 Å². The van der Waals surface area contributed by atoms with Gasteiger partial charge in [0, 0.05) is 37.7 Å². The number of aromatic nitrogens is 3. The van der Waals surface area contributed by atoms with Crippen molar-refractivity contribution in [3.05, 3.63) is 57.9 Å². The summed E-state index contributed by atoms with van der Waals surface area (Å²) in [6.07, 6.45) is -0.150. The maximum absolute atomic E-state index is 15.7. The van der Waals surface area contributed by atoms with Crippen LogP contribution < -0.4 is 15.8 Å². The summed E-state index contributed by atoms with van der Waals surface area (Å²) in [4.78, 5) is 37.6. The summed E-state index contributed by atoms with van der Waals surface area (Å²) >= 11 is 0. The van der Waals surface area contributed by atoms with Gasteiger partial charge in [0.15, 0.2) is 9.84 Å². The number of hydrogen-bond acceptors (Lipinski definition) is 8. The summed E-state index contributed by atoms with van der Waals surface area (Å²) in [5, 5.41) is 12.5. The SMILES string of the molecule is C[C@@H](Nc1ncnc2[nH]c(=O)c(N3CCS(=O)(=O)CC3)cc12)c1cccc(C(F)(F)C2CCN(C(=O)O)CC2)c1F. The third kappa shape index (κ3) is 5.67. The van der Waals surface area contributed by atoms with Crippen LogP contribution in [0.15, 0.2) is 35.4 Å². The Morgan fingerprint density at radius 2 is 1.85 bits per heavy atom. The molecule has 11 nitrogen and oxygen atoms in total. The topological polar surface area (TPSA) is 149 Å². The van der Waals surface area contributed by atoms with Crippen molar-refractivity contribution in [2.24, 2.45) is 5.92 Å². The average Bonchev–Trinajstić information content (AvgIpc) is 2.93. The second-order valence-corrected chi connectivity index (χ2v) is 12.7. The van der Waals surface area contributed by atoms with E-state index >= 15 is 13.2 Å². The molecule has 1 amide bonds. The second kappa shape index (κ2) is 10.8. The molecule has 3 aromatic rings. The molecule has 2 aromatic heterocycles. The average molecular weight is 595 g/mol. The minimum atomic E-state index is -3.51. The molecule has 0 bridgehead atoms. The molecule has 4 heterocycles. The smallest absolute Gasteiger partial charge is 0.407 e. The quantitative estimate of drug-likeness (QED) is 0.391. The number of piperidine rings is 1. The van der Waals surface area contributed by atoms with Gasteiger partial charge in [-0.05, 0) is 25.8 Å². The molecule has 41 heavy (non-hydrogen) atoms. The summed E-state index contributed by atoms with van der Waals surface area (Å²) in [5.74, 6) is -5.74. The van der Waals surface area contributed by atoms with Crippen molar-refractivity contribution in [1.29, 1.82) is 0 Å². The van der Waals surface area contributed by atoms with Crippen LogP contribution in [0.1, 0.15) is 36.9 Å². The summed E-state index contributed by atoms with van der Waals surface area (Å²) in [6.45, 7) is 1.78. The monoisotopic (exact) mass is 594 g/mol. The second-order valence-electron chi connectivity index (χ2n) is 10.3. The maximum Gasteiger partial charge on any atom is 0.407 e. The molecule has 2 aliphatic heterocycles. The Labute approximate surface area is 233 Å². The number of rotatable bonds is 6. The van der Waals surface area contributed by atoms with Gasteiger partial charge in [-0.1, -0.05) is 18.2 Å². The summed E-state index contributed by atoms with van der Waals surface area (Å²) in [7, 11) is -3.17. The molecular formula is C26H29F3N6O5S. The third-order valence-corrected chi connectivity index (χ3v) is 9.41. The van der Waals surface area contributed by atoms with Gasteiger partial charge in [-0.2, -0.15) is 0 Å². The van der Waals surface area contributed by atoms with Crippen molar-refractivity contribution in [2.75, 3.05) is 47.9 Å². The van der Waals surface area contributed by atoms with Crippen LogP contribution in [0.2, 0.25) is 0 Å². The number of likely N-dealkylation sites (tertiary alicyclic amines) is 1. The maximum atomic E-state index is 15.7. The Balaban J connectivity index is 1.41. The van der Waals surface area contributed by atoms with Crippen LogP contribution in [-0.2, 0) is 15.8 Å². The molecule has 0 unspecified atom stereocenters. The van der Waals surface area contributed by atoms with E-state index in [-0.39, 0.29) is 73.2 Å². The zero-order chi connectivity index (χ0) is 29.5. The Hall–Kier alpha value is -3.88. The highest BCUT2D eigenvalue weighted by Gasteiger charge is 2.45. The molecule has 0 saturated carbocycles. The Bertz CT molecular complexity index is 1630. The number of carboxylic acid groups (broad SMARTS) is 1. The highest BCUT2D eigenvalue weighted by molar-refractivity contribution is 7.91. The van der Waals surface area contributed by atoms with E-state index in [1.807, 2.05) is 0 Å². The number of pyridine rings is 1. The van der Waals surface area contributed by atoms with Gasteiger partial charge in [-0.25, -0.2) is 36.4 Å². The van der Waals surface area contributed by atoms with E-state index in [1.165, 1.54) is 24.5 Å². The van der Waals surface area contributed by atoms with E-state index < -0.39 is 50.8 Å². The third-order valence-electron chi connectivity index (χ3n) is 7.80. The molecule has 3 N–H and O–H groups in total. The number of alkyl halides is 2. The number of nitrogens with zero attached hydrogens (tertiary/aromatic N) is 4. The van der Waals surface area contributed by atoms with E-state index in [9.17, 15) is 18.0 Å².